The van der Waals surface area contributed by atoms with Gasteiger partial charge in [-0.05, 0) is 6.07 Å². The van der Waals surface area contributed by atoms with Gasteiger partial charge in [-0.2, -0.15) is 5.10 Å². The molecule has 2 rings (SSSR count). The topological polar surface area (TPSA) is 96.9 Å². The first-order valence-corrected chi connectivity index (χ1v) is 4.84. The quantitative estimate of drug-likeness (QED) is 0.668. The van der Waals surface area contributed by atoms with E-state index in [1.807, 2.05) is 0 Å². The first kappa shape index (κ1) is 10.4. The maximum absolute atomic E-state index is 10.9. The van der Waals surface area contributed by atoms with E-state index >= 15 is 0 Å². The molecule has 0 amide bonds. The summed E-state index contributed by atoms with van der Waals surface area (Å²) < 4.78 is 1.51. The van der Waals surface area contributed by atoms with Crippen molar-refractivity contribution in [2.75, 3.05) is 12.3 Å². The van der Waals surface area contributed by atoms with Crippen molar-refractivity contribution in [3.63, 3.8) is 0 Å². The van der Waals surface area contributed by atoms with Crippen molar-refractivity contribution in [2.24, 2.45) is 0 Å². The molecule has 0 aliphatic heterocycles. The molecular weight excluding hydrogens is 208 g/mol. The van der Waals surface area contributed by atoms with Crippen molar-refractivity contribution in [3.05, 3.63) is 34.7 Å². The number of nitrogens with zero attached hydrogens (tertiary/aromatic N) is 2. The molecule has 0 unspecified atom stereocenters. The molecule has 0 radical (unpaired) electrons. The summed E-state index contributed by atoms with van der Waals surface area (Å²) in [4.78, 5) is 13.5. The van der Waals surface area contributed by atoms with Crippen LogP contribution in [0.3, 0.4) is 0 Å². The number of hydrogen-bond acceptors (Lipinski definition) is 4. The molecule has 0 saturated carbocycles. The van der Waals surface area contributed by atoms with Crippen LogP contribution in [0.4, 0.5) is 5.82 Å². The second-order valence-electron chi connectivity index (χ2n) is 3.34. The molecule has 4 N–H and O–H groups in total. The van der Waals surface area contributed by atoms with Gasteiger partial charge in [0.2, 0.25) is 5.56 Å². The molecule has 2 heterocycles. The Morgan fingerprint density at radius 2 is 2.31 bits per heavy atom. The minimum absolute atomic E-state index is 0.0169. The number of nitrogen functional groups attached to an aromatic ring is 1. The Morgan fingerprint density at radius 3 is 2.94 bits per heavy atom. The second-order valence-corrected chi connectivity index (χ2v) is 3.34. The Hall–Kier alpha value is -2.08. The molecule has 0 aromatic carbocycles. The van der Waals surface area contributed by atoms with Gasteiger partial charge >= 0.3 is 0 Å². The van der Waals surface area contributed by atoms with Gasteiger partial charge in [-0.3, -0.25) is 4.79 Å². The van der Waals surface area contributed by atoms with Crippen molar-refractivity contribution in [3.8, 4) is 11.3 Å². The highest BCUT2D eigenvalue weighted by Gasteiger charge is 2.06. The Bertz CT molecular complexity index is 523. The lowest BCUT2D eigenvalue weighted by molar-refractivity contribution is 0.270. The highest BCUT2D eigenvalue weighted by Crippen LogP contribution is 2.18. The number of nitrogens with one attached hydrogen (secondary N) is 1. The van der Waals surface area contributed by atoms with E-state index in [0.717, 1.165) is 5.56 Å². The smallest absolute Gasteiger partial charge is 0.247 e. The van der Waals surface area contributed by atoms with Crippen LogP contribution < -0.4 is 11.3 Å². The summed E-state index contributed by atoms with van der Waals surface area (Å²) in [6.07, 6.45) is 1.58. The van der Waals surface area contributed by atoms with Crippen LogP contribution in [-0.2, 0) is 6.54 Å². The fourth-order valence-corrected chi connectivity index (χ4v) is 1.42. The number of aromatic nitrogens is 3. The summed E-state index contributed by atoms with van der Waals surface area (Å²) in [5, 5.41) is 13.0. The van der Waals surface area contributed by atoms with Crippen molar-refractivity contribution in [2.45, 2.75) is 6.54 Å². The molecule has 6 heteroatoms. The number of pyridine rings is 1. The van der Waals surface area contributed by atoms with Crippen LogP contribution in [0.1, 0.15) is 0 Å². The van der Waals surface area contributed by atoms with Crippen LogP contribution in [0.5, 0.6) is 0 Å². The SMILES string of the molecule is Nc1cc(-c2ccc(=O)[nH]c2)nn1CCO. The molecule has 0 atom stereocenters. The molecular formula is C10H12N4O2. The Kier molecular flexibility index (Phi) is 2.74. The summed E-state index contributed by atoms with van der Waals surface area (Å²) >= 11 is 0. The summed E-state index contributed by atoms with van der Waals surface area (Å²) in [7, 11) is 0. The lowest BCUT2D eigenvalue weighted by Gasteiger charge is -1.99. The zero-order valence-electron chi connectivity index (χ0n) is 8.55. The minimum atomic E-state index is -0.161. The summed E-state index contributed by atoms with van der Waals surface area (Å²) in [6.45, 7) is 0.339. The molecule has 0 bridgehead atoms. The van der Waals surface area contributed by atoms with Crippen LogP contribution >= 0.6 is 0 Å². The normalized spacial score (nSPS) is 10.6. The number of aromatic amines is 1. The van der Waals surface area contributed by atoms with E-state index in [-0.39, 0.29) is 12.2 Å². The zero-order chi connectivity index (χ0) is 11.5. The van der Waals surface area contributed by atoms with E-state index < -0.39 is 0 Å². The van der Waals surface area contributed by atoms with Gasteiger partial charge in [-0.25, -0.2) is 4.68 Å². The molecule has 2 aromatic heterocycles. The van der Waals surface area contributed by atoms with Gasteiger partial charge in [0.05, 0.1) is 18.8 Å². The number of aliphatic hydroxyl groups excluding tert-OH is 1. The van der Waals surface area contributed by atoms with Crippen LogP contribution in [0.2, 0.25) is 0 Å². The highest BCUT2D eigenvalue weighted by molar-refractivity contribution is 5.60. The highest BCUT2D eigenvalue weighted by atomic mass is 16.3. The third-order valence-electron chi connectivity index (χ3n) is 2.20. The Labute approximate surface area is 91.3 Å². The van der Waals surface area contributed by atoms with Gasteiger partial charge in [0, 0.05) is 23.9 Å². The number of rotatable bonds is 3. The molecule has 0 aliphatic carbocycles. The fraction of sp³-hybridized carbons (Fsp3) is 0.200. The van der Waals surface area contributed by atoms with Gasteiger partial charge in [-0.15, -0.1) is 0 Å². The first-order valence-electron chi connectivity index (χ1n) is 4.84. The molecule has 6 nitrogen and oxygen atoms in total. The monoisotopic (exact) mass is 220 g/mol. The molecule has 16 heavy (non-hydrogen) atoms. The zero-order valence-corrected chi connectivity index (χ0v) is 8.55. The number of aliphatic hydroxyl groups is 1. The van der Waals surface area contributed by atoms with Crippen molar-refractivity contribution in [1.82, 2.24) is 14.8 Å². The second kappa shape index (κ2) is 4.19. The lowest BCUT2D eigenvalue weighted by Crippen LogP contribution is -2.07. The third-order valence-corrected chi connectivity index (χ3v) is 2.20. The average molecular weight is 220 g/mol. The van der Waals surface area contributed by atoms with E-state index in [0.29, 0.717) is 18.1 Å². The summed E-state index contributed by atoms with van der Waals surface area (Å²) in [5.74, 6) is 0.482. The Balaban J connectivity index is 2.37. The van der Waals surface area contributed by atoms with Crippen LogP contribution in [0.15, 0.2) is 29.2 Å². The van der Waals surface area contributed by atoms with Gasteiger partial charge in [0.15, 0.2) is 0 Å². The number of H-pyrrole nitrogens is 1. The molecule has 0 aliphatic rings. The largest absolute Gasteiger partial charge is 0.394 e. The lowest BCUT2D eigenvalue weighted by atomic mass is 10.2. The van der Waals surface area contributed by atoms with E-state index in [2.05, 4.69) is 10.1 Å². The fourth-order valence-electron chi connectivity index (χ4n) is 1.42. The van der Waals surface area contributed by atoms with E-state index in [9.17, 15) is 4.79 Å². The number of anilines is 1. The molecule has 0 spiro atoms. The van der Waals surface area contributed by atoms with Crippen molar-refractivity contribution in [1.29, 1.82) is 0 Å². The van der Waals surface area contributed by atoms with E-state index in [1.165, 1.54) is 10.7 Å². The van der Waals surface area contributed by atoms with Crippen LogP contribution in [0, 0.1) is 0 Å². The average Bonchev–Trinajstić information content (AvgIpc) is 2.62. The summed E-state index contributed by atoms with van der Waals surface area (Å²) in [6, 6.07) is 4.80. The number of nitrogens with two attached hydrogens (primary N) is 1. The predicted octanol–water partition coefficient (Wildman–Crippen LogP) is -0.187. The molecule has 0 fully saturated rings. The van der Waals surface area contributed by atoms with E-state index in [1.54, 1.807) is 18.3 Å². The molecule has 0 saturated heterocycles. The number of hydrogen-bond donors (Lipinski definition) is 3. The van der Waals surface area contributed by atoms with Gasteiger partial charge in [0.1, 0.15) is 5.82 Å². The van der Waals surface area contributed by atoms with Gasteiger partial charge in [-0.1, -0.05) is 0 Å². The van der Waals surface area contributed by atoms with Crippen molar-refractivity contribution < 1.29 is 5.11 Å². The maximum atomic E-state index is 10.9. The molecule has 84 valence electrons. The standard InChI is InChI=1S/C10H12N4O2/c11-9-5-8(13-14(9)3-4-15)7-1-2-10(16)12-6-7/h1-2,5-6,15H,3-4,11H2,(H,12,16). The van der Waals surface area contributed by atoms with Crippen LogP contribution in [-0.4, -0.2) is 26.5 Å². The molecule has 2 aromatic rings. The maximum Gasteiger partial charge on any atom is 0.247 e. The summed E-state index contributed by atoms with van der Waals surface area (Å²) in [5.41, 5.74) is 7.00. The van der Waals surface area contributed by atoms with Gasteiger partial charge in [0.25, 0.3) is 0 Å². The van der Waals surface area contributed by atoms with E-state index in [4.69, 9.17) is 10.8 Å². The van der Waals surface area contributed by atoms with Crippen LogP contribution in [0.25, 0.3) is 11.3 Å². The Morgan fingerprint density at radius 1 is 1.50 bits per heavy atom. The van der Waals surface area contributed by atoms with Gasteiger partial charge < -0.3 is 15.8 Å². The minimum Gasteiger partial charge on any atom is -0.394 e. The first-order chi connectivity index (χ1) is 7.70. The third kappa shape index (κ3) is 1.96. The predicted molar refractivity (Wildman–Crippen MR) is 59.8 cm³/mol. The van der Waals surface area contributed by atoms with Crippen molar-refractivity contribution >= 4 is 5.82 Å².